The van der Waals surface area contributed by atoms with Crippen LogP contribution < -0.4 is 10.1 Å². The Morgan fingerprint density at radius 2 is 1.97 bits per heavy atom. The van der Waals surface area contributed by atoms with Crippen molar-refractivity contribution in [2.24, 2.45) is 0 Å². The highest BCUT2D eigenvalue weighted by molar-refractivity contribution is 5.98. The van der Waals surface area contributed by atoms with Gasteiger partial charge in [-0.25, -0.2) is 13.2 Å². The maximum atomic E-state index is 16.3. The number of aryl methyl sites for hydroxylation is 1. The van der Waals surface area contributed by atoms with Crippen molar-refractivity contribution in [3.8, 4) is 22.6 Å². The quantitative estimate of drug-likeness (QED) is 0.469. The molecule has 0 atom stereocenters. The lowest BCUT2D eigenvalue weighted by Gasteiger charge is -2.34. The molecule has 0 fully saturated rings. The van der Waals surface area contributed by atoms with Crippen molar-refractivity contribution in [1.82, 2.24) is 19.3 Å². The molecule has 0 amide bonds. The molecule has 0 aliphatic carbocycles. The summed E-state index contributed by atoms with van der Waals surface area (Å²) in [6.45, 7) is 5.23. The molecule has 1 aliphatic heterocycles. The first-order valence-electron chi connectivity index (χ1n) is 10.2. The maximum absolute atomic E-state index is 16.3. The van der Waals surface area contributed by atoms with E-state index in [0.717, 1.165) is 0 Å². The average Bonchev–Trinajstić information content (AvgIpc) is 3.31. The standard InChI is InChI=1S/C23H22F3N5O/c1-12-28-29-22-23(2,3)27-15-10-17(32-4)19(20(26)21(15)31(12)22)14-6-5-7-16-13(14)8-9-30(16)11-18(24)25/h5-10,18,27H,11H2,1-4H3. The van der Waals surface area contributed by atoms with E-state index < -0.39 is 24.3 Å². The second kappa shape index (κ2) is 7.01. The number of nitrogens with zero attached hydrogens (tertiary/aromatic N) is 4. The van der Waals surface area contributed by atoms with E-state index in [1.807, 2.05) is 13.8 Å². The molecule has 1 aliphatic rings. The fraction of sp³-hybridized carbons (Fsp3) is 0.304. The highest BCUT2D eigenvalue weighted by Gasteiger charge is 2.37. The molecule has 6 nitrogen and oxygen atoms in total. The van der Waals surface area contributed by atoms with Crippen LogP contribution in [0.25, 0.3) is 27.7 Å². The van der Waals surface area contributed by atoms with Gasteiger partial charge in [-0.05, 0) is 38.5 Å². The van der Waals surface area contributed by atoms with Crippen molar-refractivity contribution in [2.75, 3.05) is 12.4 Å². The van der Waals surface area contributed by atoms with Crippen molar-refractivity contribution in [1.29, 1.82) is 0 Å². The second-order valence-corrected chi connectivity index (χ2v) is 8.42. The second-order valence-electron chi connectivity index (χ2n) is 8.42. The van der Waals surface area contributed by atoms with Gasteiger partial charge in [0.25, 0.3) is 6.43 Å². The van der Waals surface area contributed by atoms with Crippen LogP contribution in [0.5, 0.6) is 5.75 Å². The van der Waals surface area contributed by atoms with Gasteiger partial charge in [-0.2, -0.15) is 0 Å². The summed E-state index contributed by atoms with van der Waals surface area (Å²) >= 11 is 0. The molecule has 0 saturated carbocycles. The first kappa shape index (κ1) is 20.4. The summed E-state index contributed by atoms with van der Waals surface area (Å²) in [5, 5.41) is 12.4. The first-order chi connectivity index (χ1) is 15.2. The summed E-state index contributed by atoms with van der Waals surface area (Å²) in [5.74, 6) is 0.999. The van der Waals surface area contributed by atoms with Gasteiger partial charge in [0.15, 0.2) is 11.6 Å². The fourth-order valence-electron chi connectivity index (χ4n) is 4.52. The Morgan fingerprint density at radius 1 is 1.19 bits per heavy atom. The largest absolute Gasteiger partial charge is 0.496 e. The molecule has 2 aromatic heterocycles. The predicted octanol–water partition coefficient (Wildman–Crippen LogP) is 5.27. The van der Waals surface area contributed by atoms with Gasteiger partial charge in [0.1, 0.15) is 17.3 Å². The highest BCUT2D eigenvalue weighted by Crippen LogP contribution is 2.46. The van der Waals surface area contributed by atoms with E-state index in [1.165, 1.54) is 11.7 Å². The molecule has 5 rings (SSSR count). The number of anilines is 1. The van der Waals surface area contributed by atoms with Gasteiger partial charge in [-0.15, -0.1) is 10.2 Å². The van der Waals surface area contributed by atoms with Gasteiger partial charge < -0.3 is 14.6 Å². The average molecular weight is 441 g/mol. The van der Waals surface area contributed by atoms with Crippen LogP contribution >= 0.6 is 0 Å². The summed E-state index contributed by atoms with van der Waals surface area (Å²) in [5.41, 5.74) is 1.71. The summed E-state index contributed by atoms with van der Waals surface area (Å²) in [6, 6.07) is 8.72. The van der Waals surface area contributed by atoms with Crippen LogP contribution in [0.1, 0.15) is 25.5 Å². The lowest BCUT2D eigenvalue weighted by atomic mass is 9.95. The molecule has 4 aromatic rings. The van der Waals surface area contributed by atoms with Crippen LogP contribution in [-0.4, -0.2) is 32.9 Å². The summed E-state index contributed by atoms with van der Waals surface area (Å²) < 4.78 is 51.1. The van der Waals surface area contributed by atoms with Crippen molar-refractivity contribution in [3.63, 3.8) is 0 Å². The van der Waals surface area contributed by atoms with Crippen LogP contribution in [0, 0.1) is 12.7 Å². The highest BCUT2D eigenvalue weighted by atomic mass is 19.3. The van der Waals surface area contributed by atoms with Crippen molar-refractivity contribution in [3.05, 3.63) is 54.0 Å². The van der Waals surface area contributed by atoms with Gasteiger partial charge in [-0.1, -0.05) is 12.1 Å². The monoisotopic (exact) mass is 441 g/mol. The van der Waals surface area contributed by atoms with E-state index in [4.69, 9.17) is 4.74 Å². The molecule has 32 heavy (non-hydrogen) atoms. The summed E-state index contributed by atoms with van der Waals surface area (Å²) in [6.07, 6.45) is -0.899. The van der Waals surface area contributed by atoms with Gasteiger partial charge in [0.05, 0.1) is 30.4 Å². The summed E-state index contributed by atoms with van der Waals surface area (Å²) in [4.78, 5) is 0. The maximum Gasteiger partial charge on any atom is 0.256 e. The Labute approximate surface area is 182 Å². The lowest BCUT2D eigenvalue weighted by Crippen LogP contribution is -2.36. The van der Waals surface area contributed by atoms with Gasteiger partial charge in [0.2, 0.25) is 0 Å². The van der Waals surface area contributed by atoms with Crippen molar-refractivity contribution < 1.29 is 17.9 Å². The Hall–Kier alpha value is -3.49. The third-order valence-electron chi connectivity index (χ3n) is 5.90. The number of benzene rings is 2. The topological polar surface area (TPSA) is 56.9 Å². The molecular weight excluding hydrogens is 419 g/mol. The normalized spacial score (nSPS) is 14.4. The minimum atomic E-state index is -2.49. The van der Waals surface area contributed by atoms with Crippen LogP contribution in [0.3, 0.4) is 0 Å². The number of methoxy groups -OCH3 is 1. The van der Waals surface area contributed by atoms with Gasteiger partial charge in [0, 0.05) is 23.2 Å². The van der Waals surface area contributed by atoms with E-state index in [1.54, 1.807) is 48.0 Å². The molecular formula is C23H22F3N5O. The number of aromatic nitrogens is 4. The molecule has 0 bridgehead atoms. The third-order valence-corrected chi connectivity index (χ3v) is 5.90. The number of hydrogen-bond acceptors (Lipinski definition) is 4. The molecule has 166 valence electrons. The Kier molecular flexibility index (Phi) is 4.47. The molecule has 2 aromatic carbocycles. The number of halogens is 3. The zero-order chi connectivity index (χ0) is 22.8. The van der Waals surface area contributed by atoms with Crippen molar-refractivity contribution in [2.45, 2.75) is 39.3 Å². The fourth-order valence-corrected chi connectivity index (χ4v) is 4.52. The molecule has 0 saturated heterocycles. The first-order valence-corrected chi connectivity index (χ1v) is 10.2. The number of alkyl halides is 2. The number of rotatable bonds is 4. The Bertz CT molecular complexity index is 1360. The molecule has 0 unspecified atom stereocenters. The van der Waals surface area contributed by atoms with Gasteiger partial charge in [-0.3, -0.25) is 4.57 Å². The zero-order valence-electron chi connectivity index (χ0n) is 18.1. The molecule has 3 heterocycles. The van der Waals surface area contributed by atoms with E-state index in [0.29, 0.717) is 45.2 Å². The van der Waals surface area contributed by atoms with Crippen LogP contribution in [0.2, 0.25) is 0 Å². The van der Waals surface area contributed by atoms with Crippen LogP contribution in [-0.2, 0) is 12.1 Å². The Balaban J connectivity index is 1.80. The van der Waals surface area contributed by atoms with Gasteiger partial charge >= 0.3 is 0 Å². The zero-order valence-corrected chi connectivity index (χ0v) is 18.1. The number of nitrogens with one attached hydrogen (secondary N) is 1. The van der Waals surface area contributed by atoms with E-state index >= 15 is 4.39 Å². The minimum absolute atomic E-state index is 0.257. The number of hydrogen-bond donors (Lipinski definition) is 1. The SMILES string of the molecule is COc1cc2c(c(F)c1-c1cccc3c1ccn3CC(F)F)-n1c(C)nnc1C(C)(C)N2. The molecule has 9 heteroatoms. The molecule has 0 radical (unpaired) electrons. The predicted molar refractivity (Wildman–Crippen MR) is 116 cm³/mol. The minimum Gasteiger partial charge on any atom is -0.496 e. The molecule has 0 spiro atoms. The number of fused-ring (bicyclic) bond motifs is 4. The third kappa shape index (κ3) is 2.87. The van der Waals surface area contributed by atoms with E-state index in [-0.39, 0.29) is 5.56 Å². The van der Waals surface area contributed by atoms with E-state index in [2.05, 4.69) is 15.5 Å². The summed E-state index contributed by atoms with van der Waals surface area (Å²) in [7, 11) is 1.48. The number of ether oxygens (including phenoxy) is 1. The smallest absolute Gasteiger partial charge is 0.256 e. The van der Waals surface area contributed by atoms with Crippen molar-refractivity contribution >= 4 is 16.6 Å². The van der Waals surface area contributed by atoms with Crippen LogP contribution in [0.15, 0.2) is 36.5 Å². The van der Waals surface area contributed by atoms with Crippen LogP contribution in [0.4, 0.5) is 18.9 Å². The Morgan fingerprint density at radius 3 is 2.69 bits per heavy atom. The lowest BCUT2D eigenvalue weighted by molar-refractivity contribution is 0.128. The molecule has 1 N–H and O–H groups in total. The van der Waals surface area contributed by atoms with E-state index in [9.17, 15) is 8.78 Å².